The Kier molecular flexibility index (Phi) is 6.90. The third-order valence-electron chi connectivity index (χ3n) is 6.79. The molecule has 0 radical (unpaired) electrons. The summed E-state index contributed by atoms with van der Waals surface area (Å²) in [5, 5.41) is -1.37. The minimum atomic E-state index is -6.41. The minimum absolute atomic E-state index is 0.0181. The molecular formula is C26H10F6N2O11S2. The van der Waals surface area contributed by atoms with Crippen molar-refractivity contribution in [2.75, 3.05) is 0 Å². The maximum atomic E-state index is 12.9. The average molecular weight is 704 g/mol. The SMILES string of the molecule is O=C1c2cccc3c(Oc4ccc5c6c(cccc46)C(=O)N(OS(=O)(=O)C(F)(F)F)C5=O)ccc(c23)C(=O)N1OS(=O)(=O)C(F)(F)F. The predicted molar refractivity (Wildman–Crippen MR) is 141 cm³/mol. The molecule has 0 spiro atoms. The highest BCUT2D eigenvalue weighted by atomic mass is 32.2. The molecule has 13 nitrogen and oxygen atoms in total. The highest BCUT2D eigenvalue weighted by Gasteiger charge is 2.53. The second-order valence-electron chi connectivity index (χ2n) is 9.54. The predicted octanol–water partition coefficient (Wildman–Crippen LogP) is 4.54. The van der Waals surface area contributed by atoms with Crippen LogP contribution in [-0.4, -0.2) is 61.6 Å². The van der Waals surface area contributed by atoms with E-state index in [9.17, 15) is 62.4 Å². The van der Waals surface area contributed by atoms with Crippen molar-refractivity contribution in [2.24, 2.45) is 0 Å². The molecule has 0 N–H and O–H groups in total. The maximum Gasteiger partial charge on any atom is 0.525 e. The number of carbonyl (C=O) groups excluding carboxylic acids is 4. The first-order valence-electron chi connectivity index (χ1n) is 12.3. The van der Waals surface area contributed by atoms with Crippen LogP contribution in [0.3, 0.4) is 0 Å². The van der Waals surface area contributed by atoms with Crippen molar-refractivity contribution in [2.45, 2.75) is 11.0 Å². The van der Waals surface area contributed by atoms with Gasteiger partial charge >= 0.3 is 31.3 Å². The molecule has 2 aliphatic rings. The molecule has 0 saturated heterocycles. The monoisotopic (exact) mass is 704 g/mol. The Morgan fingerprint density at radius 1 is 0.489 bits per heavy atom. The van der Waals surface area contributed by atoms with E-state index in [-0.39, 0.29) is 33.0 Å². The van der Waals surface area contributed by atoms with Crippen molar-refractivity contribution in [3.8, 4) is 11.5 Å². The van der Waals surface area contributed by atoms with Crippen LogP contribution in [0.5, 0.6) is 11.5 Å². The number of ether oxygens (including phenoxy) is 1. The summed E-state index contributed by atoms with van der Waals surface area (Å²) in [5.41, 5.74) is -13.7. The number of benzene rings is 4. The van der Waals surface area contributed by atoms with Crippen molar-refractivity contribution in [1.29, 1.82) is 0 Å². The second kappa shape index (κ2) is 10.2. The Morgan fingerprint density at radius 3 is 1.13 bits per heavy atom. The van der Waals surface area contributed by atoms with Gasteiger partial charge in [-0.1, -0.05) is 24.3 Å². The van der Waals surface area contributed by atoms with E-state index in [0.29, 0.717) is 0 Å². The van der Waals surface area contributed by atoms with Gasteiger partial charge in [-0.15, -0.1) is 18.7 Å². The zero-order valence-electron chi connectivity index (χ0n) is 22.2. The molecule has 0 unspecified atom stereocenters. The molecule has 2 aliphatic heterocycles. The Bertz CT molecular complexity index is 2130. The number of amides is 4. The lowest BCUT2D eigenvalue weighted by Crippen LogP contribution is -2.44. The minimum Gasteiger partial charge on any atom is -0.456 e. The summed E-state index contributed by atoms with van der Waals surface area (Å²) in [6, 6.07) is 11.6. The first-order chi connectivity index (χ1) is 21.7. The second-order valence-corrected chi connectivity index (χ2v) is 12.6. The number of hydrogen-bond acceptors (Lipinski definition) is 11. The highest BCUT2D eigenvalue weighted by Crippen LogP contribution is 2.42. The standard InChI is InChI=1S/C26H10F6N2O11S2/c27-25(28,29)46(39,40)44-33-21(35)13-5-1-3-11-17(9-7-15(19(11)13)23(33)37)43-18-10-8-16-20-12(18)4-2-6-14(20)22(36)34(24(16)38)45-47(41,42)26(30,31)32/h1-10H. The summed E-state index contributed by atoms with van der Waals surface area (Å²) in [6.45, 7) is 0. The van der Waals surface area contributed by atoms with Crippen molar-refractivity contribution in [3.63, 3.8) is 0 Å². The lowest BCUT2D eigenvalue weighted by Gasteiger charge is -2.27. The number of hydrogen-bond donors (Lipinski definition) is 0. The summed E-state index contributed by atoms with van der Waals surface area (Å²) >= 11 is 0. The molecule has 21 heteroatoms. The number of alkyl halides is 6. The molecule has 6 rings (SSSR count). The quantitative estimate of drug-likeness (QED) is 0.157. The summed E-state index contributed by atoms with van der Waals surface area (Å²) in [7, 11) is -12.8. The van der Waals surface area contributed by atoms with Crippen molar-refractivity contribution < 1.29 is 75.7 Å². The van der Waals surface area contributed by atoms with Crippen molar-refractivity contribution in [1.82, 2.24) is 10.1 Å². The number of imide groups is 2. The molecule has 0 saturated carbocycles. The van der Waals surface area contributed by atoms with Crippen LogP contribution < -0.4 is 4.74 Å². The van der Waals surface area contributed by atoms with E-state index in [1.165, 1.54) is 24.3 Å². The van der Waals surface area contributed by atoms with Gasteiger partial charge in [0, 0.05) is 21.5 Å². The van der Waals surface area contributed by atoms with E-state index >= 15 is 0 Å². The molecule has 244 valence electrons. The lowest BCUT2D eigenvalue weighted by molar-refractivity contribution is -0.0768. The number of halogens is 6. The molecule has 0 atom stereocenters. The summed E-state index contributed by atoms with van der Waals surface area (Å²) in [5.74, 6) is -6.38. The number of rotatable bonds is 6. The molecule has 2 heterocycles. The van der Waals surface area contributed by atoms with E-state index in [1.807, 2.05) is 0 Å². The van der Waals surface area contributed by atoms with Gasteiger partial charge < -0.3 is 4.74 Å². The molecule has 0 aliphatic carbocycles. The smallest absolute Gasteiger partial charge is 0.456 e. The molecule has 4 amide bonds. The van der Waals surface area contributed by atoms with E-state index in [2.05, 4.69) is 8.57 Å². The van der Waals surface area contributed by atoms with Gasteiger partial charge in [-0.25, -0.2) is 0 Å². The normalized spacial score (nSPS) is 15.6. The summed E-state index contributed by atoms with van der Waals surface area (Å²) in [6.07, 6.45) is 0. The largest absolute Gasteiger partial charge is 0.525 e. The average Bonchev–Trinajstić information content (AvgIpc) is 2.98. The molecule has 0 fully saturated rings. The highest BCUT2D eigenvalue weighted by molar-refractivity contribution is 7.87. The fourth-order valence-corrected chi connectivity index (χ4v) is 5.64. The third kappa shape index (κ3) is 4.85. The summed E-state index contributed by atoms with van der Waals surface area (Å²) in [4.78, 5) is 51.7. The zero-order chi connectivity index (χ0) is 34.4. The molecular weight excluding hydrogens is 694 g/mol. The Morgan fingerprint density at radius 2 is 0.809 bits per heavy atom. The van der Waals surface area contributed by atoms with Gasteiger partial charge in [0.2, 0.25) is 0 Å². The van der Waals surface area contributed by atoms with Crippen LogP contribution in [0.25, 0.3) is 21.5 Å². The maximum absolute atomic E-state index is 12.9. The molecule has 0 aromatic heterocycles. The van der Waals surface area contributed by atoms with Crippen LogP contribution in [-0.2, 0) is 28.8 Å². The number of hydroxylamine groups is 4. The molecule has 4 aromatic rings. The lowest BCUT2D eigenvalue weighted by atomic mass is 9.94. The van der Waals surface area contributed by atoms with Gasteiger partial charge in [0.15, 0.2) is 0 Å². The Labute approximate surface area is 256 Å². The Balaban J connectivity index is 1.41. The molecule has 0 bridgehead atoms. The van der Waals surface area contributed by atoms with E-state index in [0.717, 1.165) is 36.4 Å². The third-order valence-corrected chi connectivity index (χ3v) is 8.62. The molecule has 4 aromatic carbocycles. The number of nitrogens with zero attached hydrogens (tertiary/aromatic N) is 2. The fraction of sp³-hybridized carbons (Fsp3) is 0.0769. The van der Waals surface area contributed by atoms with E-state index in [1.54, 1.807) is 0 Å². The number of carbonyl (C=O) groups is 4. The topological polar surface area (TPSA) is 171 Å². The van der Waals surface area contributed by atoms with Gasteiger partial charge in [0.05, 0.1) is 22.3 Å². The van der Waals surface area contributed by atoms with Crippen LogP contribution in [0, 0.1) is 0 Å². The van der Waals surface area contributed by atoms with Gasteiger partial charge in [-0.05, 0) is 36.4 Å². The van der Waals surface area contributed by atoms with Gasteiger partial charge in [-0.3, -0.25) is 19.2 Å². The molecule has 47 heavy (non-hydrogen) atoms. The van der Waals surface area contributed by atoms with Gasteiger partial charge in [-0.2, -0.15) is 43.2 Å². The first-order valence-corrected chi connectivity index (χ1v) is 15.2. The van der Waals surface area contributed by atoms with Gasteiger partial charge in [0.25, 0.3) is 23.6 Å². The van der Waals surface area contributed by atoms with Crippen LogP contribution in [0.2, 0.25) is 0 Å². The summed E-state index contributed by atoms with van der Waals surface area (Å²) < 4.78 is 137. The fourth-order valence-electron chi connectivity index (χ4n) is 4.81. The van der Waals surface area contributed by atoms with Crippen molar-refractivity contribution in [3.05, 3.63) is 82.9 Å². The zero-order valence-corrected chi connectivity index (χ0v) is 23.9. The van der Waals surface area contributed by atoms with E-state index < -0.39 is 87.3 Å². The van der Waals surface area contributed by atoms with Crippen LogP contribution in [0.4, 0.5) is 26.3 Å². The first kappa shape index (κ1) is 31.8. The Hall–Kier alpha value is -5.12. The van der Waals surface area contributed by atoms with Crippen LogP contribution in [0.1, 0.15) is 41.4 Å². The van der Waals surface area contributed by atoms with Crippen LogP contribution >= 0.6 is 0 Å². The van der Waals surface area contributed by atoms with Gasteiger partial charge in [0.1, 0.15) is 11.5 Å². The van der Waals surface area contributed by atoms with Crippen molar-refractivity contribution >= 4 is 65.4 Å². The van der Waals surface area contributed by atoms with E-state index in [4.69, 9.17) is 4.74 Å². The van der Waals surface area contributed by atoms with Crippen LogP contribution in [0.15, 0.2) is 60.7 Å².